The number of aliphatic hydroxyl groups is 1. The Hall–Kier alpha value is -1.26. The van der Waals surface area contributed by atoms with Crippen LogP contribution in [0.2, 0.25) is 0 Å². The zero-order valence-electron chi connectivity index (χ0n) is 10.6. The van der Waals surface area contributed by atoms with Crippen LogP contribution < -0.4 is 10.1 Å². The molecule has 1 rings (SSSR count). The van der Waals surface area contributed by atoms with Crippen molar-refractivity contribution in [2.45, 2.75) is 26.4 Å². The number of rotatable bonds is 6. The average molecular weight is 239 g/mol. The summed E-state index contributed by atoms with van der Waals surface area (Å²) in [6, 6.07) is 5.36. The third-order valence-corrected chi connectivity index (χ3v) is 2.81. The molecule has 0 spiro atoms. The summed E-state index contributed by atoms with van der Waals surface area (Å²) in [7, 11) is 1.52. The molecule has 0 aliphatic carbocycles. The van der Waals surface area contributed by atoms with E-state index in [4.69, 9.17) is 4.74 Å². The van der Waals surface area contributed by atoms with E-state index in [0.29, 0.717) is 18.2 Å². The molecule has 1 aromatic rings. The van der Waals surface area contributed by atoms with E-state index in [0.717, 1.165) is 5.56 Å². The summed E-state index contributed by atoms with van der Waals surface area (Å²) in [6.07, 6.45) is 0. The van der Waals surface area contributed by atoms with Crippen molar-refractivity contribution in [2.75, 3.05) is 13.7 Å². The van der Waals surface area contributed by atoms with Gasteiger partial charge in [0.2, 0.25) is 0 Å². The van der Waals surface area contributed by atoms with Gasteiger partial charge < -0.3 is 20.3 Å². The van der Waals surface area contributed by atoms with Gasteiger partial charge in [0.1, 0.15) is 0 Å². The Morgan fingerprint density at radius 2 is 2.06 bits per heavy atom. The normalized spacial score (nSPS) is 12.8. The smallest absolute Gasteiger partial charge is 0.160 e. The van der Waals surface area contributed by atoms with E-state index >= 15 is 0 Å². The predicted octanol–water partition coefficient (Wildman–Crippen LogP) is 1.51. The fraction of sp³-hybridized carbons (Fsp3) is 0.538. The van der Waals surface area contributed by atoms with Gasteiger partial charge >= 0.3 is 0 Å². The first-order valence-corrected chi connectivity index (χ1v) is 5.78. The number of hydrogen-bond donors (Lipinski definition) is 3. The lowest BCUT2D eigenvalue weighted by molar-refractivity contribution is 0.210. The summed E-state index contributed by atoms with van der Waals surface area (Å²) < 4.78 is 4.97. The number of aromatic hydroxyl groups is 1. The minimum atomic E-state index is 0.0687. The number of aliphatic hydroxyl groups excluding tert-OH is 1. The second-order valence-electron chi connectivity index (χ2n) is 4.42. The fourth-order valence-electron chi connectivity index (χ4n) is 1.61. The zero-order chi connectivity index (χ0) is 12.8. The van der Waals surface area contributed by atoms with E-state index in [-0.39, 0.29) is 18.4 Å². The van der Waals surface area contributed by atoms with Crippen LogP contribution in [0.4, 0.5) is 0 Å². The van der Waals surface area contributed by atoms with Crippen LogP contribution in [0.25, 0.3) is 0 Å². The van der Waals surface area contributed by atoms with Crippen molar-refractivity contribution in [2.24, 2.45) is 5.92 Å². The predicted molar refractivity (Wildman–Crippen MR) is 67.2 cm³/mol. The van der Waals surface area contributed by atoms with Gasteiger partial charge in [0.25, 0.3) is 0 Å². The van der Waals surface area contributed by atoms with Gasteiger partial charge in [0.15, 0.2) is 11.5 Å². The molecule has 1 aromatic carbocycles. The van der Waals surface area contributed by atoms with Gasteiger partial charge in [0.05, 0.1) is 13.7 Å². The van der Waals surface area contributed by atoms with Crippen molar-refractivity contribution in [3.05, 3.63) is 23.8 Å². The molecule has 4 nitrogen and oxygen atoms in total. The van der Waals surface area contributed by atoms with Gasteiger partial charge in [-0.1, -0.05) is 19.9 Å². The molecule has 0 radical (unpaired) electrons. The highest BCUT2D eigenvalue weighted by atomic mass is 16.5. The summed E-state index contributed by atoms with van der Waals surface area (Å²) in [6.45, 7) is 4.83. The van der Waals surface area contributed by atoms with E-state index < -0.39 is 0 Å². The number of phenolic OH excluding ortho intramolecular Hbond substituents is 1. The van der Waals surface area contributed by atoms with Gasteiger partial charge in [-0.15, -0.1) is 0 Å². The second-order valence-corrected chi connectivity index (χ2v) is 4.42. The van der Waals surface area contributed by atoms with E-state index in [1.807, 2.05) is 6.07 Å². The van der Waals surface area contributed by atoms with Crippen LogP contribution in [0.5, 0.6) is 11.5 Å². The molecule has 0 saturated carbocycles. The number of phenols is 1. The van der Waals surface area contributed by atoms with E-state index in [1.165, 1.54) is 7.11 Å². The molecule has 0 aliphatic heterocycles. The first kappa shape index (κ1) is 13.8. The molecule has 0 fully saturated rings. The summed E-state index contributed by atoms with van der Waals surface area (Å²) in [5, 5.41) is 22.0. The van der Waals surface area contributed by atoms with Gasteiger partial charge in [-0.3, -0.25) is 0 Å². The second kappa shape index (κ2) is 6.47. The number of hydrogen-bond acceptors (Lipinski definition) is 4. The van der Waals surface area contributed by atoms with Crippen molar-refractivity contribution in [3.63, 3.8) is 0 Å². The van der Waals surface area contributed by atoms with Gasteiger partial charge in [-0.25, -0.2) is 0 Å². The molecule has 96 valence electrons. The van der Waals surface area contributed by atoms with Crippen LogP contribution in [0.3, 0.4) is 0 Å². The van der Waals surface area contributed by atoms with Crippen LogP contribution in [-0.4, -0.2) is 30.0 Å². The Balaban J connectivity index is 2.60. The van der Waals surface area contributed by atoms with Crippen LogP contribution in [0.15, 0.2) is 18.2 Å². The lowest BCUT2D eigenvalue weighted by Gasteiger charge is -2.20. The van der Waals surface area contributed by atoms with Gasteiger partial charge in [0, 0.05) is 12.6 Å². The fourth-order valence-corrected chi connectivity index (χ4v) is 1.61. The van der Waals surface area contributed by atoms with Crippen LogP contribution >= 0.6 is 0 Å². The SMILES string of the molecule is COc1ccc(CNC(CO)C(C)C)cc1O. The molecule has 0 heterocycles. The lowest BCUT2D eigenvalue weighted by atomic mass is 10.0. The monoisotopic (exact) mass is 239 g/mol. The molecule has 0 aliphatic rings. The van der Waals surface area contributed by atoms with E-state index in [1.54, 1.807) is 12.1 Å². The topological polar surface area (TPSA) is 61.7 Å². The maximum Gasteiger partial charge on any atom is 0.160 e. The molecule has 4 heteroatoms. The molecule has 1 unspecified atom stereocenters. The number of ether oxygens (including phenoxy) is 1. The van der Waals surface area contributed by atoms with Crippen LogP contribution in [0.1, 0.15) is 19.4 Å². The van der Waals surface area contributed by atoms with Crippen LogP contribution in [0, 0.1) is 5.92 Å². The molecule has 1 atom stereocenters. The molecule has 0 amide bonds. The Morgan fingerprint density at radius 1 is 1.35 bits per heavy atom. The highest BCUT2D eigenvalue weighted by Gasteiger charge is 2.11. The standard InChI is InChI=1S/C13H21NO3/c1-9(2)11(8-15)14-7-10-4-5-13(17-3)12(16)6-10/h4-6,9,11,14-16H,7-8H2,1-3H3. The zero-order valence-corrected chi connectivity index (χ0v) is 10.6. The maximum absolute atomic E-state index is 9.62. The highest BCUT2D eigenvalue weighted by molar-refractivity contribution is 5.41. The number of nitrogens with one attached hydrogen (secondary N) is 1. The van der Waals surface area contributed by atoms with Crippen molar-refractivity contribution < 1.29 is 14.9 Å². The summed E-state index contributed by atoms with van der Waals surface area (Å²) in [5.41, 5.74) is 0.961. The average Bonchev–Trinajstić information content (AvgIpc) is 2.29. The molecular formula is C13H21NO3. The molecule has 0 saturated heterocycles. The largest absolute Gasteiger partial charge is 0.504 e. The van der Waals surface area contributed by atoms with Crippen molar-refractivity contribution in [1.82, 2.24) is 5.32 Å². The molecule has 17 heavy (non-hydrogen) atoms. The minimum absolute atomic E-state index is 0.0687. The Labute approximate surface area is 102 Å². The minimum Gasteiger partial charge on any atom is -0.504 e. The Morgan fingerprint density at radius 3 is 2.53 bits per heavy atom. The lowest BCUT2D eigenvalue weighted by Crippen LogP contribution is -2.36. The first-order valence-electron chi connectivity index (χ1n) is 5.78. The summed E-state index contributed by atoms with van der Waals surface area (Å²) >= 11 is 0. The molecule has 0 bridgehead atoms. The summed E-state index contributed by atoms with van der Waals surface area (Å²) in [5.74, 6) is 0.972. The van der Waals surface area contributed by atoms with Crippen molar-refractivity contribution in [3.8, 4) is 11.5 Å². The molecule has 0 aromatic heterocycles. The third kappa shape index (κ3) is 3.91. The van der Waals surface area contributed by atoms with E-state index in [2.05, 4.69) is 19.2 Å². The first-order chi connectivity index (χ1) is 8.08. The van der Waals surface area contributed by atoms with Crippen molar-refractivity contribution >= 4 is 0 Å². The third-order valence-electron chi connectivity index (χ3n) is 2.81. The summed E-state index contributed by atoms with van der Waals surface area (Å²) in [4.78, 5) is 0. The number of benzene rings is 1. The van der Waals surface area contributed by atoms with Gasteiger partial charge in [-0.05, 0) is 23.6 Å². The Kier molecular flexibility index (Phi) is 5.25. The molecular weight excluding hydrogens is 218 g/mol. The number of methoxy groups -OCH3 is 1. The van der Waals surface area contributed by atoms with Crippen molar-refractivity contribution in [1.29, 1.82) is 0 Å². The maximum atomic E-state index is 9.62. The quantitative estimate of drug-likeness (QED) is 0.704. The molecule has 3 N–H and O–H groups in total. The highest BCUT2D eigenvalue weighted by Crippen LogP contribution is 2.26. The van der Waals surface area contributed by atoms with E-state index in [9.17, 15) is 10.2 Å². The van der Waals surface area contributed by atoms with Crippen LogP contribution in [-0.2, 0) is 6.54 Å². The van der Waals surface area contributed by atoms with Gasteiger partial charge in [-0.2, -0.15) is 0 Å². The Bertz CT molecular complexity index is 353.